The van der Waals surface area contributed by atoms with Gasteiger partial charge in [0.15, 0.2) is 0 Å². The lowest BCUT2D eigenvalue weighted by Gasteiger charge is -2.14. The van der Waals surface area contributed by atoms with E-state index in [2.05, 4.69) is 4.72 Å². The average molecular weight is 284 g/mol. The molecule has 19 heavy (non-hydrogen) atoms. The van der Waals surface area contributed by atoms with Crippen LogP contribution in [0, 0.1) is 6.92 Å². The van der Waals surface area contributed by atoms with Crippen molar-refractivity contribution in [3.63, 3.8) is 0 Å². The van der Waals surface area contributed by atoms with Crippen molar-refractivity contribution in [2.75, 3.05) is 17.1 Å². The van der Waals surface area contributed by atoms with Crippen molar-refractivity contribution >= 4 is 15.7 Å². The summed E-state index contributed by atoms with van der Waals surface area (Å²) in [5.41, 5.74) is 7.95. The molecule has 2 rings (SSSR count). The molecule has 0 radical (unpaired) electrons. The minimum absolute atomic E-state index is 0.0132. The molecule has 1 saturated heterocycles. The first-order valence-corrected chi connectivity index (χ1v) is 8.07. The number of sulfonamides is 1. The van der Waals surface area contributed by atoms with Gasteiger partial charge in [-0.25, -0.2) is 8.42 Å². The third kappa shape index (κ3) is 3.92. The lowest BCUT2D eigenvalue weighted by molar-refractivity contribution is 0.127. The zero-order valence-corrected chi connectivity index (χ0v) is 11.9. The van der Waals surface area contributed by atoms with Gasteiger partial charge in [0.1, 0.15) is 0 Å². The fourth-order valence-corrected chi connectivity index (χ4v) is 3.53. The topological polar surface area (TPSA) is 81.4 Å². The first kappa shape index (κ1) is 14.3. The number of aryl methyl sites for hydroxylation is 1. The van der Waals surface area contributed by atoms with Gasteiger partial charge in [-0.15, -0.1) is 0 Å². The van der Waals surface area contributed by atoms with Crippen LogP contribution in [-0.2, 0) is 21.3 Å². The Bertz CT molecular complexity index is 537. The molecule has 5 nitrogen and oxygen atoms in total. The molecule has 0 spiro atoms. The number of ether oxygens (including phenoxy) is 1. The van der Waals surface area contributed by atoms with E-state index in [1.54, 1.807) is 6.07 Å². The van der Waals surface area contributed by atoms with Gasteiger partial charge in [-0.3, -0.25) is 4.72 Å². The molecule has 1 aliphatic heterocycles. The van der Waals surface area contributed by atoms with Crippen molar-refractivity contribution in [3.05, 3.63) is 29.3 Å². The van der Waals surface area contributed by atoms with Gasteiger partial charge in [-0.1, -0.05) is 12.1 Å². The van der Waals surface area contributed by atoms with Gasteiger partial charge in [0.05, 0.1) is 17.5 Å². The molecular formula is C13H20N2O3S. The molecule has 1 heterocycles. The number of hydrogen-bond acceptors (Lipinski definition) is 4. The van der Waals surface area contributed by atoms with Crippen LogP contribution in [0.5, 0.6) is 0 Å². The van der Waals surface area contributed by atoms with Crippen LogP contribution in [0.3, 0.4) is 0 Å². The molecule has 0 aromatic heterocycles. The fraction of sp³-hybridized carbons (Fsp3) is 0.538. The van der Waals surface area contributed by atoms with Gasteiger partial charge in [-0.05, 0) is 37.0 Å². The van der Waals surface area contributed by atoms with E-state index >= 15 is 0 Å². The van der Waals surface area contributed by atoms with E-state index in [1.807, 2.05) is 19.1 Å². The standard InChI is InChI=1S/C13H20N2O3S/c1-10-4-5-11(8-14)7-13(10)15-19(16,17)9-12-3-2-6-18-12/h4-5,7,12,15H,2-3,6,8-9,14H2,1H3. The van der Waals surface area contributed by atoms with E-state index in [9.17, 15) is 8.42 Å². The minimum atomic E-state index is -3.38. The van der Waals surface area contributed by atoms with Gasteiger partial charge < -0.3 is 10.5 Å². The highest BCUT2D eigenvalue weighted by atomic mass is 32.2. The molecule has 0 saturated carbocycles. The lowest BCUT2D eigenvalue weighted by Crippen LogP contribution is -2.26. The highest BCUT2D eigenvalue weighted by Crippen LogP contribution is 2.20. The van der Waals surface area contributed by atoms with Crippen LogP contribution >= 0.6 is 0 Å². The first-order chi connectivity index (χ1) is 9.00. The van der Waals surface area contributed by atoms with Gasteiger partial charge in [-0.2, -0.15) is 0 Å². The van der Waals surface area contributed by atoms with Crippen molar-refractivity contribution in [1.82, 2.24) is 0 Å². The van der Waals surface area contributed by atoms with E-state index in [0.29, 0.717) is 18.8 Å². The summed E-state index contributed by atoms with van der Waals surface area (Å²) >= 11 is 0. The number of rotatable bonds is 5. The van der Waals surface area contributed by atoms with Crippen molar-refractivity contribution < 1.29 is 13.2 Å². The molecule has 6 heteroatoms. The number of anilines is 1. The number of benzene rings is 1. The van der Waals surface area contributed by atoms with Crippen molar-refractivity contribution in [3.8, 4) is 0 Å². The highest BCUT2D eigenvalue weighted by molar-refractivity contribution is 7.92. The second-order valence-corrected chi connectivity index (χ2v) is 6.64. The first-order valence-electron chi connectivity index (χ1n) is 6.42. The summed E-state index contributed by atoms with van der Waals surface area (Å²) in [4.78, 5) is 0. The molecule has 0 aliphatic carbocycles. The molecule has 1 unspecified atom stereocenters. The third-order valence-electron chi connectivity index (χ3n) is 3.23. The van der Waals surface area contributed by atoms with E-state index in [0.717, 1.165) is 24.0 Å². The normalized spacial score (nSPS) is 19.6. The second-order valence-electron chi connectivity index (χ2n) is 4.87. The summed E-state index contributed by atoms with van der Waals surface area (Å²) in [7, 11) is -3.38. The number of nitrogens with one attached hydrogen (secondary N) is 1. The summed E-state index contributed by atoms with van der Waals surface area (Å²) < 4.78 is 32.2. The van der Waals surface area contributed by atoms with E-state index < -0.39 is 10.0 Å². The van der Waals surface area contributed by atoms with Crippen LogP contribution in [0.25, 0.3) is 0 Å². The lowest BCUT2D eigenvalue weighted by atomic mass is 10.1. The quantitative estimate of drug-likeness (QED) is 0.855. The van der Waals surface area contributed by atoms with E-state index in [1.165, 1.54) is 0 Å². The van der Waals surface area contributed by atoms with E-state index in [4.69, 9.17) is 10.5 Å². The average Bonchev–Trinajstić information content (AvgIpc) is 2.83. The molecule has 1 aromatic rings. The maximum atomic E-state index is 12.1. The molecule has 0 bridgehead atoms. The van der Waals surface area contributed by atoms with Crippen LogP contribution in [0.1, 0.15) is 24.0 Å². The molecular weight excluding hydrogens is 264 g/mol. The molecule has 3 N–H and O–H groups in total. The summed E-state index contributed by atoms with van der Waals surface area (Å²) in [6, 6.07) is 5.54. The van der Waals surface area contributed by atoms with Gasteiger partial charge in [0.25, 0.3) is 0 Å². The van der Waals surface area contributed by atoms with Gasteiger partial charge in [0.2, 0.25) is 10.0 Å². The maximum absolute atomic E-state index is 12.1. The largest absolute Gasteiger partial charge is 0.377 e. The smallest absolute Gasteiger partial charge is 0.235 e. The summed E-state index contributed by atoms with van der Waals surface area (Å²) in [6.07, 6.45) is 1.56. The second kappa shape index (κ2) is 5.90. The summed E-state index contributed by atoms with van der Waals surface area (Å²) in [5, 5.41) is 0. The van der Waals surface area contributed by atoms with E-state index in [-0.39, 0.29) is 11.9 Å². The molecule has 0 amide bonds. The minimum Gasteiger partial charge on any atom is -0.377 e. The molecule has 1 atom stereocenters. The maximum Gasteiger partial charge on any atom is 0.235 e. The van der Waals surface area contributed by atoms with Crippen molar-refractivity contribution in [2.24, 2.45) is 5.73 Å². The predicted molar refractivity (Wildman–Crippen MR) is 75.5 cm³/mol. The molecule has 1 aliphatic rings. The number of hydrogen-bond donors (Lipinski definition) is 2. The molecule has 1 aromatic carbocycles. The fourth-order valence-electron chi connectivity index (χ4n) is 2.14. The Hall–Kier alpha value is -1.11. The highest BCUT2D eigenvalue weighted by Gasteiger charge is 2.23. The molecule has 1 fully saturated rings. The SMILES string of the molecule is Cc1ccc(CN)cc1NS(=O)(=O)CC1CCCO1. The molecule has 106 valence electrons. The summed E-state index contributed by atoms with van der Waals surface area (Å²) in [6.45, 7) is 2.91. The zero-order valence-electron chi connectivity index (χ0n) is 11.1. The van der Waals surface area contributed by atoms with Crippen LogP contribution in [0.4, 0.5) is 5.69 Å². The Morgan fingerprint density at radius 1 is 1.47 bits per heavy atom. The van der Waals surface area contributed by atoms with Gasteiger partial charge >= 0.3 is 0 Å². The van der Waals surface area contributed by atoms with Crippen LogP contribution in [0.2, 0.25) is 0 Å². The Balaban J connectivity index is 2.10. The van der Waals surface area contributed by atoms with Crippen molar-refractivity contribution in [1.29, 1.82) is 0 Å². The Kier molecular flexibility index (Phi) is 4.44. The third-order valence-corrected chi connectivity index (χ3v) is 4.57. The Labute approximate surface area is 114 Å². The zero-order chi connectivity index (χ0) is 13.9. The van der Waals surface area contributed by atoms with Gasteiger partial charge in [0, 0.05) is 13.2 Å². The number of nitrogens with two attached hydrogens (primary N) is 1. The van der Waals surface area contributed by atoms with Crippen molar-refractivity contribution in [2.45, 2.75) is 32.4 Å². The summed E-state index contributed by atoms with van der Waals surface area (Å²) in [5.74, 6) is 0.0132. The monoisotopic (exact) mass is 284 g/mol. The predicted octanol–water partition coefficient (Wildman–Crippen LogP) is 1.37. The van der Waals surface area contributed by atoms with Crippen LogP contribution in [0.15, 0.2) is 18.2 Å². The Morgan fingerprint density at radius 2 is 2.26 bits per heavy atom. The van der Waals surface area contributed by atoms with Crippen LogP contribution in [-0.4, -0.2) is 26.9 Å². The Morgan fingerprint density at radius 3 is 2.89 bits per heavy atom. The van der Waals surface area contributed by atoms with Crippen LogP contribution < -0.4 is 10.5 Å².